The Morgan fingerprint density at radius 3 is 2.17 bits per heavy atom. The van der Waals surface area contributed by atoms with Crippen LogP contribution < -0.4 is 0 Å². The van der Waals surface area contributed by atoms with E-state index in [0.717, 1.165) is 6.42 Å². The summed E-state index contributed by atoms with van der Waals surface area (Å²) in [4.78, 5) is 11.2. The van der Waals surface area contributed by atoms with Gasteiger partial charge >= 0.3 is 5.97 Å². The lowest BCUT2D eigenvalue weighted by Crippen LogP contribution is -2.46. The maximum atomic E-state index is 11.2. The van der Waals surface area contributed by atoms with Crippen LogP contribution in [0.25, 0.3) is 0 Å². The molecule has 0 saturated heterocycles. The van der Waals surface area contributed by atoms with Gasteiger partial charge < -0.3 is 14.6 Å². The van der Waals surface area contributed by atoms with Crippen LogP contribution in [0.4, 0.5) is 0 Å². The number of rotatable bonds is 10. The Bertz CT molecular complexity index is 387. The fraction of sp³-hybridized carbons (Fsp3) is 0.833. The highest BCUT2D eigenvalue weighted by Gasteiger charge is 2.40. The van der Waals surface area contributed by atoms with Gasteiger partial charge in [0.25, 0.3) is 0 Å². The molecule has 0 aromatic carbocycles. The Morgan fingerprint density at radius 2 is 1.78 bits per heavy atom. The molecule has 5 heteroatoms. The third-order valence-corrected chi connectivity index (χ3v) is 9.66. The Kier molecular flexibility index (Phi) is 8.74. The Balaban J connectivity index is 4.90. The summed E-state index contributed by atoms with van der Waals surface area (Å²) in [6.45, 7) is 18.4. The van der Waals surface area contributed by atoms with E-state index >= 15 is 0 Å². The van der Waals surface area contributed by atoms with Gasteiger partial charge in [0.05, 0.1) is 18.6 Å². The molecule has 0 spiro atoms. The smallest absolute Gasteiger partial charge is 0.305 e. The predicted octanol–water partition coefficient (Wildman–Crippen LogP) is 4.45. The van der Waals surface area contributed by atoms with Crippen LogP contribution in [0, 0.1) is 11.8 Å². The van der Waals surface area contributed by atoms with Gasteiger partial charge in [0.2, 0.25) is 0 Å². The van der Waals surface area contributed by atoms with Crippen LogP contribution in [0.5, 0.6) is 0 Å². The standard InChI is InChI=1S/C18H36O4Si/c1-9-13(2)15(19)11-10-14(3)16(12-17(20)21)22-23(7,8)18(4,5)6/h9,13-16,19H,1,10-12H2,2-8H3,(H,20,21)/t13-,14+,15-,16-/m1/s1. The number of aliphatic hydroxyl groups excluding tert-OH is 1. The highest BCUT2D eigenvalue weighted by atomic mass is 28.4. The molecule has 0 amide bonds. The van der Waals surface area contributed by atoms with E-state index in [4.69, 9.17) is 4.43 Å². The summed E-state index contributed by atoms with van der Waals surface area (Å²) in [5, 5.41) is 19.3. The summed E-state index contributed by atoms with van der Waals surface area (Å²) in [6.07, 6.45) is 2.39. The monoisotopic (exact) mass is 344 g/mol. The van der Waals surface area contributed by atoms with E-state index in [-0.39, 0.29) is 29.4 Å². The minimum atomic E-state index is -2.02. The minimum absolute atomic E-state index is 0.0147. The molecule has 23 heavy (non-hydrogen) atoms. The van der Waals surface area contributed by atoms with Crippen LogP contribution in [-0.2, 0) is 9.22 Å². The first-order valence-corrected chi connectivity index (χ1v) is 11.4. The maximum Gasteiger partial charge on any atom is 0.305 e. The van der Waals surface area contributed by atoms with Crippen LogP contribution in [0.1, 0.15) is 53.9 Å². The molecule has 0 unspecified atom stereocenters. The van der Waals surface area contributed by atoms with E-state index in [0.29, 0.717) is 6.42 Å². The van der Waals surface area contributed by atoms with E-state index in [9.17, 15) is 15.0 Å². The zero-order chi connectivity index (χ0) is 18.4. The number of hydrogen-bond donors (Lipinski definition) is 2. The van der Waals surface area contributed by atoms with Crippen molar-refractivity contribution < 1.29 is 19.4 Å². The summed E-state index contributed by atoms with van der Waals surface area (Å²) >= 11 is 0. The molecule has 0 radical (unpaired) electrons. The van der Waals surface area contributed by atoms with Crippen LogP contribution in [-0.4, -0.2) is 36.7 Å². The van der Waals surface area contributed by atoms with Crippen molar-refractivity contribution in [3.05, 3.63) is 12.7 Å². The van der Waals surface area contributed by atoms with Crippen molar-refractivity contribution in [1.82, 2.24) is 0 Å². The SMILES string of the molecule is C=C[C@@H](C)[C@H](O)CC[C@H](C)[C@@H](CC(=O)O)O[Si](C)(C)C(C)(C)C. The van der Waals surface area contributed by atoms with Gasteiger partial charge in [-0.2, -0.15) is 0 Å². The van der Waals surface area contributed by atoms with Crippen LogP contribution in [0.3, 0.4) is 0 Å². The van der Waals surface area contributed by atoms with Crippen molar-refractivity contribution >= 4 is 14.3 Å². The van der Waals surface area contributed by atoms with Crippen LogP contribution >= 0.6 is 0 Å². The second-order valence-electron chi connectivity index (χ2n) is 8.23. The molecule has 4 nitrogen and oxygen atoms in total. The van der Waals surface area contributed by atoms with Gasteiger partial charge in [0.1, 0.15) is 0 Å². The molecule has 0 aliphatic carbocycles. The molecule has 0 saturated carbocycles. The molecule has 0 aliphatic heterocycles. The van der Waals surface area contributed by atoms with Crippen molar-refractivity contribution in [2.45, 2.75) is 84.2 Å². The molecule has 0 heterocycles. The highest BCUT2D eigenvalue weighted by molar-refractivity contribution is 6.74. The second-order valence-corrected chi connectivity index (χ2v) is 13.0. The molecule has 0 bridgehead atoms. The normalized spacial score (nSPS) is 18.1. The molecule has 0 aromatic rings. The first kappa shape index (κ1) is 22.3. The highest BCUT2D eigenvalue weighted by Crippen LogP contribution is 2.39. The number of aliphatic carboxylic acids is 1. The van der Waals surface area contributed by atoms with Gasteiger partial charge in [-0.15, -0.1) is 6.58 Å². The quantitative estimate of drug-likeness (QED) is 0.454. The lowest BCUT2D eigenvalue weighted by Gasteiger charge is -2.40. The number of carboxylic acids is 1. The zero-order valence-corrected chi connectivity index (χ0v) is 16.9. The topological polar surface area (TPSA) is 66.8 Å². The van der Waals surface area contributed by atoms with Gasteiger partial charge in [0, 0.05) is 0 Å². The second kappa shape index (κ2) is 8.99. The lowest BCUT2D eigenvalue weighted by molar-refractivity contribution is -0.139. The molecular formula is C18H36O4Si. The van der Waals surface area contributed by atoms with Crippen LogP contribution in [0.15, 0.2) is 12.7 Å². The maximum absolute atomic E-state index is 11.2. The summed E-state index contributed by atoms with van der Waals surface area (Å²) in [5.74, 6) is -0.700. The molecule has 4 atom stereocenters. The third-order valence-electron chi connectivity index (χ3n) is 5.16. The van der Waals surface area contributed by atoms with E-state index in [2.05, 4.69) is 40.4 Å². The molecular weight excluding hydrogens is 308 g/mol. The van der Waals surface area contributed by atoms with Crippen molar-refractivity contribution in [1.29, 1.82) is 0 Å². The van der Waals surface area contributed by atoms with Gasteiger partial charge in [-0.05, 0) is 42.8 Å². The Morgan fingerprint density at radius 1 is 1.26 bits per heavy atom. The van der Waals surface area contributed by atoms with Gasteiger partial charge in [-0.1, -0.05) is 40.7 Å². The van der Waals surface area contributed by atoms with Gasteiger partial charge in [-0.3, -0.25) is 4.79 Å². The summed E-state index contributed by atoms with van der Waals surface area (Å²) in [7, 11) is -2.02. The Labute approximate surface area is 143 Å². The van der Waals surface area contributed by atoms with E-state index in [1.807, 2.05) is 13.8 Å². The first-order valence-electron chi connectivity index (χ1n) is 8.52. The number of carboxylic acid groups (broad SMARTS) is 1. The fourth-order valence-corrected chi connectivity index (χ4v) is 3.55. The number of aliphatic hydroxyl groups is 1. The van der Waals surface area contributed by atoms with E-state index < -0.39 is 20.4 Å². The average Bonchev–Trinajstić information content (AvgIpc) is 2.40. The van der Waals surface area contributed by atoms with Crippen molar-refractivity contribution in [2.24, 2.45) is 11.8 Å². The summed E-state index contributed by atoms with van der Waals surface area (Å²) < 4.78 is 6.35. The van der Waals surface area contributed by atoms with E-state index in [1.54, 1.807) is 6.08 Å². The molecule has 0 aromatic heterocycles. The number of hydrogen-bond acceptors (Lipinski definition) is 3. The fourth-order valence-electron chi connectivity index (χ4n) is 2.13. The van der Waals surface area contributed by atoms with Crippen molar-refractivity contribution in [2.75, 3.05) is 0 Å². The van der Waals surface area contributed by atoms with Crippen molar-refractivity contribution in [3.8, 4) is 0 Å². The molecule has 2 N–H and O–H groups in total. The van der Waals surface area contributed by atoms with Crippen molar-refractivity contribution in [3.63, 3.8) is 0 Å². The zero-order valence-electron chi connectivity index (χ0n) is 15.9. The third kappa shape index (κ3) is 7.64. The first-order chi connectivity index (χ1) is 10.3. The number of carbonyl (C=O) groups is 1. The van der Waals surface area contributed by atoms with E-state index in [1.165, 1.54) is 0 Å². The van der Waals surface area contributed by atoms with Gasteiger partial charge in [0.15, 0.2) is 8.32 Å². The summed E-state index contributed by atoms with van der Waals surface area (Å²) in [5.41, 5.74) is 0. The average molecular weight is 345 g/mol. The van der Waals surface area contributed by atoms with Crippen LogP contribution in [0.2, 0.25) is 18.1 Å². The molecule has 0 aliphatic rings. The largest absolute Gasteiger partial charge is 0.481 e. The minimum Gasteiger partial charge on any atom is -0.481 e. The predicted molar refractivity (Wildman–Crippen MR) is 98.1 cm³/mol. The molecule has 0 fully saturated rings. The summed E-state index contributed by atoms with van der Waals surface area (Å²) in [6, 6.07) is 0. The van der Waals surface area contributed by atoms with Gasteiger partial charge in [-0.25, -0.2) is 0 Å². The lowest BCUT2D eigenvalue weighted by atomic mass is 9.92. The Hall–Kier alpha value is -0.653. The molecule has 0 rings (SSSR count). The molecule has 136 valence electrons.